The molecular weight excluding hydrogens is 377 g/mol. The Kier molecular flexibility index (Phi) is 5.17. The normalized spacial score (nSPS) is 11.3. The molecule has 106 valence electrons. The number of hydrogen-bond donors (Lipinski definition) is 2. The number of benzene rings is 2. The molecule has 2 rings (SSSR count). The van der Waals surface area contributed by atoms with E-state index in [0.717, 1.165) is 9.26 Å². The Morgan fingerprint density at radius 2 is 1.67 bits per heavy atom. The molecule has 1 amide bonds. The number of amides is 1. The van der Waals surface area contributed by atoms with Crippen molar-refractivity contribution >= 4 is 39.9 Å². The van der Waals surface area contributed by atoms with Gasteiger partial charge in [0, 0.05) is 14.9 Å². The van der Waals surface area contributed by atoms with E-state index in [4.69, 9.17) is 5.26 Å². The fourth-order valence-corrected chi connectivity index (χ4v) is 2.10. The van der Waals surface area contributed by atoms with E-state index >= 15 is 0 Å². The molecule has 0 aliphatic rings. The monoisotopic (exact) mass is 391 g/mol. The van der Waals surface area contributed by atoms with Gasteiger partial charge < -0.3 is 10.6 Å². The summed E-state index contributed by atoms with van der Waals surface area (Å²) in [7, 11) is 0. The van der Waals surface area contributed by atoms with Crippen molar-refractivity contribution in [2.24, 2.45) is 0 Å². The number of rotatable bonds is 4. The van der Waals surface area contributed by atoms with E-state index in [1.807, 2.05) is 30.3 Å². The molecule has 1 atom stereocenters. The minimum absolute atomic E-state index is 0.127. The number of nitriles is 1. The fraction of sp³-hybridized carbons (Fsp3) is 0.125. The van der Waals surface area contributed by atoms with E-state index in [-0.39, 0.29) is 11.9 Å². The Bertz CT molecular complexity index is 659. The fourth-order valence-electron chi connectivity index (χ4n) is 1.74. The summed E-state index contributed by atoms with van der Waals surface area (Å²) in [5, 5.41) is 14.7. The second kappa shape index (κ2) is 7.09. The minimum Gasteiger partial charge on any atom is -0.374 e. The highest BCUT2D eigenvalue weighted by atomic mass is 127. The summed E-state index contributed by atoms with van der Waals surface area (Å²) in [5.74, 6) is -0.127. The van der Waals surface area contributed by atoms with Gasteiger partial charge in [0.1, 0.15) is 6.04 Å². The first kappa shape index (κ1) is 15.3. The van der Waals surface area contributed by atoms with E-state index in [2.05, 4.69) is 33.2 Å². The van der Waals surface area contributed by atoms with Gasteiger partial charge in [-0.25, -0.2) is 0 Å². The van der Waals surface area contributed by atoms with Gasteiger partial charge in [-0.2, -0.15) is 5.26 Å². The predicted octanol–water partition coefficient (Wildman–Crippen LogP) is 3.60. The largest absolute Gasteiger partial charge is 0.374 e. The molecule has 0 saturated heterocycles. The third kappa shape index (κ3) is 4.46. The lowest BCUT2D eigenvalue weighted by Crippen LogP contribution is -2.31. The Morgan fingerprint density at radius 1 is 1.10 bits per heavy atom. The molecule has 0 heterocycles. The first-order valence-corrected chi connectivity index (χ1v) is 7.49. The van der Waals surface area contributed by atoms with Crippen molar-refractivity contribution in [3.63, 3.8) is 0 Å². The van der Waals surface area contributed by atoms with Crippen molar-refractivity contribution < 1.29 is 4.79 Å². The first-order chi connectivity index (χ1) is 10.1. The van der Waals surface area contributed by atoms with Gasteiger partial charge in [0.05, 0.1) is 11.6 Å². The molecule has 0 radical (unpaired) electrons. The van der Waals surface area contributed by atoms with Crippen LogP contribution in [0.15, 0.2) is 48.5 Å². The van der Waals surface area contributed by atoms with E-state index in [1.54, 1.807) is 31.2 Å². The molecule has 0 saturated carbocycles. The van der Waals surface area contributed by atoms with E-state index in [9.17, 15) is 4.79 Å². The Hall–Kier alpha value is -2.07. The topological polar surface area (TPSA) is 64.9 Å². The number of halogens is 1. The van der Waals surface area contributed by atoms with E-state index in [0.29, 0.717) is 11.3 Å². The van der Waals surface area contributed by atoms with Gasteiger partial charge >= 0.3 is 0 Å². The maximum Gasteiger partial charge on any atom is 0.246 e. The van der Waals surface area contributed by atoms with E-state index in [1.165, 1.54) is 0 Å². The molecule has 0 bridgehead atoms. The molecule has 0 aliphatic heterocycles. The minimum atomic E-state index is -0.360. The van der Waals surface area contributed by atoms with Gasteiger partial charge in [0.2, 0.25) is 5.91 Å². The lowest BCUT2D eigenvalue weighted by Gasteiger charge is -2.15. The van der Waals surface area contributed by atoms with Crippen LogP contribution in [0.3, 0.4) is 0 Å². The van der Waals surface area contributed by atoms with Gasteiger partial charge in [-0.3, -0.25) is 4.79 Å². The molecule has 0 fully saturated rings. The van der Waals surface area contributed by atoms with E-state index < -0.39 is 0 Å². The van der Waals surface area contributed by atoms with Crippen LogP contribution in [-0.2, 0) is 4.79 Å². The average Bonchev–Trinajstić information content (AvgIpc) is 2.50. The second-order valence-corrected chi connectivity index (χ2v) is 5.80. The summed E-state index contributed by atoms with van der Waals surface area (Å²) in [4.78, 5) is 12.1. The Morgan fingerprint density at radius 3 is 2.24 bits per heavy atom. The third-order valence-corrected chi connectivity index (χ3v) is 3.62. The van der Waals surface area contributed by atoms with Crippen LogP contribution in [0, 0.1) is 14.9 Å². The number of carbonyl (C=O) groups excluding carboxylic acids is 1. The molecule has 2 N–H and O–H groups in total. The van der Waals surface area contributed by atoms with Crippen molar-refractivity contribution in [3.05, 3.63) is 57.7 Å². The van der Waals surface area contributed by atoms with Crippen LogP contribution in [0.2, 0.25) is 0 Å². The predicted molar refractivity (Wildman–Crippen MR) is 92.0 cm³/mol. The number of anilines is 2. The SMILES string of the molecule is C[C@@H](Nc1ccc(I)cc1)C(=O)Nc1ccc(C#N)cc1. The molecule has 2 aromatic rings. The molecule has 0 unspecified atom stereocenters. The maximum atomic E-state index is 12.1. The maximum absolute atomic E-state index is 12.1. The highest BCUT2D eigenvalue weighted by Crippen LogP contribution is 2.13. The summed E-state index contributed by atoms with van der Waals surface area (Å²) in [5.41, 5.74) is 2.14. The molecule has 2 aromatic carbocycles. The molecule has 5 heteroatoms. The number of nitrogens with one attached hydrogen (secondary N) is 2. The standard InChI is InChI=1S/C16H14IN3O/c1-11(19-14-8-4-13(17)5-9-14)16(21)20-15-6-2-12(10-18)3-7-15/h2-9,11,19H,1H3,(H,20,21)/t11-/m1/s1. The highest BCUT2D eigenvalue weighted by molar-refractivity contribution is 14.1. The summed E-state index contributed by atoms with van der Waals surface area (Å²) in [6, 6.07) is 16.3. The molecule has 21 heavy (non-hydrogen) atoms. The smallest absolute Gasteiger partial charge is 0.246 e. The molecular formula is C16H14IN3O. The molecule has 0 aliphatic carbocycles. The van der Waals surface area contributed by atoms with Crippen molar-refractivity contribution in [1.82, 2.24) is 0 Å². The van der Waals surface area contributed by atoms with Crippen LogP contribution < -0.4 is 10.6 Å². The molecule has 0 spiro atoms. The highest BCUT2D eigenvalue weighted by Gasteiger charge is 2.12. The van der Waals surface area contributed by atoms with Gasteiger partial charge in [0.25, 0.3) is 0 Å². The molecule has 4 nitrogen and oxygen atoms in total. The summed E-state index contributed by atoms with van der Waals surface area (Å²) in [6.45, 7) is 1.80. The zero-order chi connectivity index (χ0) is 15.2. The lowest BCUT2D eigenvalue weighted by molar-refractivity contribution is -0.116. The van der Waals surface area contributed by atoms with Gasteiger partial charge in [0.15, 0.2) is 0 Å². The quantitative estimate of drug-likeness (QED) is 0.783. The van der Waals surface area contributed by atoms with Gasteiger partial charge in [-0.15, -0.1) is 0 Å². The Labute approximate surface area is 137 Å². The summed E-state index contributed by atoms with van der Waals surface area (Å²) in [6.07, 6.45) is 0. The van der Waals surface area contributed by atoms with Crippen LogP contribution in [0.1, 0.15) is 12.5 Å². The number of hydrogen-bond acceptors (Lipinski definition) is 3. The van der Waals surface area contributed by atoms with Gasteiger partial charge in [-0.05, 0) is 78.0 Å². The number of nitrogens with zero attached hydrogens (tertiary/aromatic N) is 1. The second-order valence-electron chi connectivity index (χ2n) is 4.55. The first-order valence-electron chi connectivity index (χ1n) is 6.41. The zero-order valence-electron chi connectivity index (χ0n) is 11.4. The van der Waals surface area contributed by atoms with Crippen LogP contribution in [0.4, 0.5) is 11.4 Å². The molecule has 0 aromatic heterocycles. The van der Waals surface area contributed by atoms with Crippen LogP contribution in [0.25, 0.3) is 0 Å². The zero-order valence-corrected chi connectivity index (χ0v) is 13.6. The Balaban J connectivity index is 1.95. The summed E-state index contributed by atoms with van der Waals surface area (Å²) < 4.78 is 1.15. The van der Waals surface area contributed by atoms with Crippen LogP contribution >= 0.6 is 22.6 Å². The van der Waals surface area contributed by atoms with Crippen LogP contribution in [-0.4, -0.2) is 11.9 Å². The van der Waals surface area contributed by atoms with Crippen molar-refractivity contribution in [1.29, 1.82) is 5.26 Å². The average molecular weight is 391 g/mol. The lowest BCUT2D eigenvalue weighted by atomic mass is 10.2. The van der Waals surface area contributed by atoms with Crippen molar-refractivity contribution in [3.8, 4) is 6.07 Å². The third-order valence-electron chi connectivity index (χ3n) is 2.90. The van der Waals surface area contributed by atoms with Crippen molar-refractivity contribution in [2.45, 2.75) is 13.0 Å². The van der Waals surface area contributed by atoms with Crippen molar-refractivity contribution in [2.75, 3.05) is 10.6 Å². The number of carbonyl (C=O) groups is 1. The summed E-state index contributed by atoms with van der Waals surface area (Å²) >= 11 is 2.23. The van der Waals surface area contributed by atoms with Crippen LogP contribution in [0.5, 0.6) is 0 Å². The van der Waals surface area contributed by atoms with Gasteiger partial charge in [-0.1, -0.05) is 0 Å².